The van der Waals surface area contributed by atoms with E-state index in [0.29, 0.717) is 18.7 Å². The van der Waals surface area contributed by atoms with Crippen LogP contribution in [-0.2, 0) is 14.3 Å². The van der Waals surface area contributed by atoms with Gasteiger partial charge in [0, 0.05) is 24.0 Å². The lowest BCUT2D eigenvalue weighted by molar-refractivity contribution is -0.158. The predicted molar refractivity (Wildman–Crippen MR) is 66.6 cm³/mol. The number of hydrogen-bond donors (Lipinski definition) is 0. The molecule has 0 saturated carbocycles. The molecule has 1 saturated heterocycles. The van der Waals surface area contributed by atoms with Crippen LogP contribution in [-0.4, -0.2) is 54.7 Å². The zero-order chi connectivity index (χ0) is 13.8. The fraction of sp³-hybridized carbons (Fsp3) is 0.462. The summed E-state index contributed by atoms with van der Waals surface area (Å²) in [6.07, 6.45) is 0.895. The van der Waals surface area contributed by atoms with Crippen LogP contribution >= 0.6 is 0 Å². The summed E-state index contributed by atoms with van der Waals surface area (Å²) in [5.41, 5.74) is 1.35. The number of hydrogen-bond acceptors (Lipinski definition) is 5. The van der Waals surface area contributed by atoms with Gasteiger partial charge in [-0.2, -0.15) is 0 Å². The van der Waals surface area contributed by atoms with Crippen LogP contribution in [0.15, 0.2) is 18.3 Å². The van der Waals surface area contributed by atoms with E-state index in [9.17, 15) is 9.59 Å². The summed E-state index contributed by atoms with van der Waals surface area (Å²) in [5.74, 6) is -0.578. The Morgan fingerprint density at radius 2 is 2.32 bits per heavy atom. The third-order valence-electron chi connectivity index (χ3n) is 2.96. The highest BCUT2D eigenvalue weighted by Gasteiger charge is 2.30. The van der Waals surface area contributed by atoms with Crippen molar-refractivity contribution in [2.24, 2.45) is 0 Å². The van der Waals surface area contributed by atoms with Gasteiger partial charge in [0.25, 0.3) is 5.91 Å². The predicted octanol–water partition coefficient (Wildman–Crippen LogP) is 0.404. The standard InChI is InChI=1S/C13H16N2O4/c1-9-7-10(3-4-14-9)12(16)15-5-6-19-11(8-15)13(17)18-2/h3-4,7,11H,5-6,8H2,1-2H3. The molecule has 1 atom stereocenters. The van der Waals surface area contributed by atoms with E-state index < -0.39 is 12.1 Å². The molecule has 6 heteroatoms. The van der Waals surface area contributed by atoms with E-state index >= 15 is 0 Å². The third kappa shape index (κ3) is 3.08. The maximum absolute atomic E-state index is 12.3. The third-order valence-corrected chi connectivity index (χ3v) is 2.96. The van der Waals surface area contributed by atoms with Crippen molar-refractivity contribution >= 4 is 11.9 Å². The van der Waals surface area contributed by atoms with Gasteiger partial charge in [-0.05, 0) is 19.1 Å². The number of amides is 1. The first-order chi connectivity index (χ1) is 9.11. The molecule has 1 unspecified atom stereocenters. The maximum atomic E-state index is 12.3. The van der Waals surface area contributed by atoms with Gasteiger partial charge >= 0.3 is 5.97 Å². The van der Waals surface area contributed by atoms with Crippen LogP contribution in [0.4, 0.5) is 0 Å². The monoisotopic (exact) mass is 264 g/mol. The summed E-state index contributed by atoms with van der Waals surface area (Å²) in [7, 11) is 1.30. The second kappa shape index (κ2) is 5.79. The lowest BCUT2D eigenvalue weighted by Crippen LogP contribution is -2.48. The Balaban J connectivity index is 2.09. The lowest BCUT2D eigenvalue weighted by atomic mass is 10.2. The number of pyridine rings is 1. The number of esters is 1. The van der Waals surface area contributed by atoms with Crippen molar-refractivity contribution in [2.45, 2.75) is 13.0 Å². The van der Waals surface area contributed by atoms with Crippen molar-refractivity contribution < 1.29 is 19.1 Å². The molecule has 0 aliphatic carbocycles. The Morgan fingerprint density at radius 3 is 3.00 bits per heavy atom. The highest BCUT2D eigenvalue weighted by Crippen LogP contribution is 2.12. The molecule has 19 heavy (non-hydrogen) atoms. The molecule has 1 aromatic heterocycles. The van der Waals surface area contributed by atoms with E-state index in [-0.39, 0.29) is 12.5 Å². The molecule has 102 valence electrons. The van der Waals surface area contributed by atoms with Gasteiger partial charge in [0.15, 0.2) is 6.10 Å². The first-order valence-corrected chi connectivity index (χ1v) is 6.03. The number of aryl methyl sites for hydroxylation is 1. The van der Waals surface area contributed by atoms with Crippen LogP contribution in [0.2, 0.25) is 0 Å². The summed E-state index contributed by atoms with van der Waals surface area (Å²) in [6, 6.07) is 3.39. The van der Waals surface area contributed by atoms with Crippen molar-refractivity contribution in [3.8, 4) is 0 Å². The number of rotatable bonds is 2. The number of carbonyl (C=O) groups is 2. The average Bonchev–Trinajstić information content (AvgIpc) is 2.45. The molecule has 0 bridgehead atoms. The quantitative estimate of drug-likeness (QED) is 0.723. The van der Waals surface area contributed by atoms with Crippen LogP contribution in [0.5, 0.6) is 0 Å². The van der Waals surface area contributed by atoms with Crippen molar-refractivity contribution in [3.63, 3.8) is 0 Å². The molecule has 0 radical (unpaired) electrons. The molecule has 1 aliphatic heterocycles. The minimum atomic E-state index is -0.703. The Hall–Kier alpha value is -1.95. The van der Waals surface area contributed by atoms with Crippen LogP contribution in [0.3, 0.4) is 0 Å². The number of morpholine rings is 1. The van der Waals surface area contributed by atoms with Crippen LogP contribution in [0.1, 0.15) is 16.1 Å². The number of carbonyl (C=O) groups excluding carboxylic acids is 2. The van der Waals surface area contributed by atoms with E-state index in [2.05, 4.69) is 9.72 Å². The summed E-state index contributed by atoms with van der Waals surface area (Å²) < 4.78 is 9.92. The number of methoxy groups -OCH3 is 1. The van der Waals surface area contributed by atoms with Gasteiger partial charge < -0.3 is 14.4 Å². The smallest absolute Gasteiger partial charge is 0.336 e. The van der Waals surface area contributed by atoms with Crippen molar-refractivity contribution in [3.05, 3.63) is 29.6 Å². The fourth-order valence-corrected chi connectivity index (χ4v) is 1.97. The zero-order valence-electron chi connectivity index (χ0n) is 11.0. The largest absolute Gasteiger partial charge is 0.467 e. The van der Waals surface area contributed by atoms with Gasteiger partial charge in [-0.15, -0.1) is 0 Å². The van der Waals surface area contributed by atoms with E-state index in [4.69, 9.17) is 4.74 Å². The second-order valence-corrected chi connectivity index (χ2v) is 4.32. The Morgan fingerprint density at radius 1 is 1.53 bits per heavy atom. The molecule has 1 fully saturated rings. The molecular weight excluding hydrogens is 248 g/mol. The topological polar surface area (TPSA) is 68.7 Å². The summed E-state index contributed by atoms with van der Waals surface area (Å²) in [4.78, 5) is 29.4. The van der Waals surface area contributed by atoms with E-state index in [1.807, 2.05) is 6.92 Å². The van der Waals surface area contributed by atoms with Crippen LogP contribution in [0.25, 0.3) is 0 Å². The number of nitrogens with zero attached hydrogens (tertiary/aromatic N) is 2. The molecule has 0 aromatic carbocycles. The van der Waals surface area contributed by atoms with Gasteiger partial charge in [0.2, 0.25) is 0 Å². The molecular formula is C13H16N2O4. The minimum Gasteiger partial charge on any atom is -0.467 e. The Kier molecular flexibility index (Phi) is 4.11. The Bertz CT molecular complexity index is 489. The maximum Gasteiger partial charge on any atom is 0.336 e. The van der Waals surface area contributed by atoms with E-state index in [1.165, 1.54) is 7.11 Å². The molecule has 0 N–H and O–H groups in total. The molecule has 6 nitrogen and oxygen atoms in total. The molecule has 1 amide bonds. The van der Waals surface area contributed by atoms with Gasteiger partial charge in [-0.1, -0.05) is 0 Å². The number of ether oxygens (including phenoxy) is 2. The number of aromatic nitrogens is 1. The van der Waals surface area contributed by atoms with Crippen molar-refractivity contribution in [1.29, 1.82) is 0 Å². The average molecular weight is 264 g/mol. The highest BCUT2D eigenvalue weighted by molar-refractivity contribution is 5.94. The second-order valence-electron chi connectivity index (χ2n) is 4.32. The van der Waals surface area contributed by atoms with Gasteiger partial charge in [0.1, 0.15) is 0 Å². The SMILES string of the molecule is COC(=O)C1CN(C(=O)c2ccnc(C)c2)CCO1. The highest BCUT2D eigenvalue weighted by atomic mass is 16.6. The fourth-order valence-electron chi connectivity index (χ4n) is 1.97. The van der Waals surface area contributed by atoms with Crippen LogP contribution in [0, 0.1) is 6.92 Å². The summed E-state index contributed by atoms with van der Waals surface area (Å²) in [6.45, 7) is 2.84. The van der Waals surface area contributed by atoms with Crippen LogP contribution < -0.4 is 0 Å². The van der Waals surface area contributed by atoms with Crippen molar-refractivity contribution in [1.82, 2.24) is 9.88 Å². The molecule has 2 heterocycles. The minimum absolute atomic E-state index is 0.122. The van der Waals surface area contributed by atoms with Gasteiger partial charge in [-0.25, -0.2) is 4.79 Å². The van der Waals surface area contributed by atoms with Gasteiger partial charge in [-0.3, -0.25) is 9.78 Å². The summed E-state index contributed by atoms with van der Waals surface area (Å²) >= 11 is 0. The summed E-state index contributed by atoms with van der Waals surface area (Å²) in [5, 5.41) is 0. The molecule has 1 aromatic rings. The normalized spacial score (nSPS) is 19.1. The van der Waals surface area contributed by atoms with E-state index in [0.717, 1.165) is 5.69 Å². The first kappa shape index (κ1) is 13.5. The zero-order valence-corrected chi connectivity index (χ0v) is 11.0. The van der Waals surface area contributed by atoms with Gasteiger partial charge in [0.05, 0.1) is 20.3 Å². The first-order valence-electron chi connectivity index (χ1n) is 6.03. The molecule has 1 aliphatic rings. The molecule has 2 rings (SSSR count). The lowest BCUT2D eigenvalue weighted by Gasteiger charge is -2.31. The van der Waals surface area contributed by atoms with Crippen molar-refractivity contribution in [2.75, 3.05) is 26.8 Å². The molecule has 0 spiro atoms. The Labute approximate surface area is 111 Å². The van der Waals surface area contributed by atoms with E-state index in [1.54, 1.807) is 23.2 Å².